The number of rotatable bonds is 5. The van der Waals surface area contributed by atoms with E-state index in [1.54, 1.807) is 6.07 Å². The number of thiazole rings is 1. The Morgan fingerprint density at radius 1 is 1.00 bits per heavy atom. The molecule has 0 aliphatic heterocycles. The lowest BCUT2D eigenvalue weighted by molar-refractivity contribution is -0.385. The Labute approximate surface area is 194 Å². The van der Waals surface area contributed by atoms with E-state index in [2.05, 4.69) is 20.3 Å². The van der Waals surface area contributed by atoms with Gasteiger partial charge in [0.25, 0.3) is 0 Å². The van der Waals surface area contributed by atoms with Gasteiger partial charge in [0.2, 0.25) is 5.95 Å². The molecule has 0 fully saturated rings. The lowest BCUT2D eigenvalue weighted by Crippen LogP contribution is -2.04. The van der Waals surface area contributed by atoms with Crippen molar-refractivity contribution >= 4 is 28.7 Å². The summed E-state index contributed by atoms with van der Waals surface area (Å²) in [5.41, 5.74) is 0.953. The van der Waals surface area contributed by atoms with E-state index >= 15 is 0 Å². The number of phenols is 1. The summed E-state index contributed by atoms with van der Waals surface area (Å²) in [6, 6.07) is 9.92. The molecule has 2 N–H and O–H groups in total. The number of anilines is 2. The molecule has 0 amide bonds. The number of hydrogen-bond donors (Lipinski definition) is 2. The van der Waals surface area contributed by atoms with Crippen LogP contribution in [0, 0.1) is 24.0 Å². The van der Waals surface area contributed by atoms with Crippen LogP contribution in [-0.2, 0) is 6.18 Å². The van der Waals surface area contributed by atoms with Gasteiger partial charge >= 0.3 is 11.9 Å². The molecule has 0 saturated carbocycles. The van der Waals surface area contributed by atoms with Crippen molar-refractivity contribution < 1.29 is 23.2 Å². The van der Waals surface area contributed by atoms with Crippen LogP contribution < -0.4 is 5.32 Å². The highest BCUT2D eigenvalue weighted by Crippen LogP contribution is 2.35. The molecule has 2 aromatic heterocycles. The highest BCUT2D eigenvalue weighted by molar-refractivity contribution is 7.15. The van der Waals surface area contributed by atoms with E-state index in [0.717, 1.165) is 39.8 Å². The third kappa shape index (κ3) is 4.81. The normalized spacial score (nSPS) is 11.4. The average molecular weight is 487 g/mol. The molecule has 2 heterocycles. The zero-order valence-corrected chi connectivity index (χ0v) is 18.5. The molecule has 0 bridgehead atoms. The Kier molecular flexibility index (Phi) is 5.92. The van der Waals surface area contributed by atoms with Gasteiger partial charge in [-0.25, -0.2) is 15.0 Å². The minimum Gasteiger partial charge on any atom is -0.502 e. The number of benzene rings is 2. The first-order chi connectivity index (χ1) is 16.0. The van der Waals surface area contributed by atoms with Crippen molar-refractivity contribution in [2.24, 2.45) is 0 Å². The van der Waals surface area contributed by atoms with Gasteiger partial charge in [0.15, 0.2) is 5.75 Å². The van der Waals surface area contributed by atoms with Crippen molar-refractivity contribution in [3.05, 3.63) is 74.9 Å². The van der Waals surface area contributed by atoms with E-state index in [0.29, 0.717) is 17.0 Å². The van der Waals surface area contributed by atoms with Gasteiger partial charge in [-0.15, -0.1) is 11.3 Å². The fourth-order valence-corrected chi connectivity index (χ4v) is 4.12. The van der Waals surface area contributed by atoms with Gasteiger partial charge in [-0.3, -0.25) is 10.1 Å². The number of nitro groups is 1. The van der Waals surface area contributed by atoms with Crippen LogP contribution in [0.15, 0.2) is 48.5 Å². The maximum Gasteiger partial charge on any atom is 0.416 e. The Morgan fingerprint density at radius 3 is 2.26 bits per heavy atom. The van der Waals surface area contributed by atoms with Crippen LogP contribution >= 0.6 is 11.3 Å². The van der Waals surface area contributed by atoms with E-state index in [9.17, 15) is 28.4 Å². The predicted molar refractivity (Wildman–Crippen MR) is 121 cm³/mol. The van der Waals surface area contributed by atoms with Gasteiger partial charge in [-0.1, -0.05) is 12.1 Å². The molecule has 8 nitrogen and oxygen atoms in total. The van der Waals surface area contributed by atoms with Crippen LogP contribution in [-0.4, -0.2) is 25.0 Å². The van der Waals surface area contributed by atoms with Gasteiger partial charge in [0, 0.05) is 17.3 Å². The molecule has 34 heavy (non-hydrogen) atoms. The molecular weight excluding hydrogens is 471 g/mol. The molecule has 0 atom stereocenters. The Hall–Kier alpha value is -4.06. The van der Waals surface area contributed by atoms with Crippen LogP contribution in [0.5, 0.6) is 5.75 Å². The number of nitrogens with one attached hydrogen (secondary N) is 1. The maximum atomic E-state index is 13.0. The predicted octanol–water partition coefficient (Wildman–Crippen LogP) is 6.26. The van der Waals surface area contributed by atoms with E-state index in [-0.39, 0.29) is 11.6 Å². The summed E-state index contributed by atoms with van der Waals surface area (Å²) in [5, 5.41) is 24.5. The van der Waals surface area contributed by atoms with Gasteiger partial charge in [0.1, 0.15) is 0 Å². The minimum atomic E-state index is -4.47. The molecular formula is C22H16F3N5O3S. The molecule has 0 unspecified atom stereocenters. The highest BCUT2D eigenvalue weighted by atomic mass is 32.1. The summed E-state index contributed by atoms with van der Waals surface area (Å²) in [6.45, 7) is 3.66. The molecule has 4 rings (SSSR count). The second-order valence-corrected chi connectivity index (χ2v) is 8.47. The van der Waals surface area contributed by atoms with E-state index in [1.807, 2.05) is 13.8 Å². The monoisotopic (exact) mass is 487 g/mol. The first-order valence-electron chi connectivity index (χ1n) is 9.77. The van der Waals surface area contributed by atoms with Crippen LogP contribution in [0.2, 0.25) is 0 Å². The SMILES string of the molecule is Cc1nc(C)c(-c2cc(-c3ccc(C(F)(F)F)cc3)nc(Nc3ccc(O)c([N+](=O)[O-])c3)n2)s1. The van der Waals surface area contributed by atoms with Crippen LogP contribution in [0.4, 0.5) is 30.5 Å². The Balaban J connectivity index is 1.80. The van der Waals surface area contributed by atoms with Crippen molar-refractivity contribution in [1.82, 2.24) is 15.0 Å². The first kappa shape index (κ1) is 23.1. The smallest absolute Gasteiger partial charge is 0.416 e. The van der Waals surface area contributed by atoms with E-state index in [4.69, 9.17) is 0 Å². The van der Waals surface area contributed by atoms with Crippen molar-refractivity contribution in [3.8, 4) is 27.6 Å². The van der Waals surface area contributed by atoms with Crippen LogP contribution in [0.25, 0.3) is 21.8 Å². The van der Waals surface area contributed by atoms with Gasteiger partial charge in [0.05, 0.1) is 37.5 Å². The standard InChI is InChI=1S/C22H16F3N5O3S/c1-11-20(34-12(2)26-11)17-10-16(13-3-5-14(6-4-13)22(23,24)25)28-21(29-17)27-15-7-8-19(31)18(9-15)30(32)33/h3-10,31H,1-2H3,(H,27,28,29). The van der Waals surface area contributed by atoms with Crippen molar-refractivity contribution in [2.75, 3.05) is 5.32 Å². The number of halogens is 3. The second-order valence-electron chi connectivity index (χ2n) is 7.27. The second kappa shape index (κ2) is 8.71. The molecule has 174 valence electrons. The number of aromatic nitrogens is 3. The number of aromatic hydroxyl groups is 1. The molecule has 0 aliphatic carbocycles. The van der Waals surface area contributed by atoms with Crippen molar-refractivity contribution in [1.29, 1.82) is 0 Å². The summed E-state index contributed by atoms with van der Waals surface area (Å²) in [4.78, 5) is 24.5. The van der Waals surface area contributed by atoms with Gasteiger partial charge in [-0.2, -0.15) is 13.2 Å². The number of aryl methyl sites for hydroxylation is 2. The van der Waals surface area contributed by atoms with Crippen molar-refractivity contribution in [2.45, 2.75) is 20.0 Å². The quantitative estimate of drug-likeness (QED) is 0.194. The third-order valence-electron chi connectivity index (χ3n) is 4.80. The Bertz CT molecular complexity index is 1390. The number of phenolic OH excluding ortho intramolecular Hbond substituents is 1. The largest absolute Gasteiger partial charge is 0.502 e. The molecule has 0 radical (unpaired) electrons. The van der Waals surface area contributed by atoms with Crippen molar-refractivity contribution in [3.63, 3.8) is 0 Å². The third-order valence-corrected chi connectivity index (χ3v) is 5.89. The van der Waals surface area contributed by atoms with E-state index in [1.165, 1.54) is 29.5 Å². The molecule has 2 aromatic carbocycles. The zero-order chi connectivity index (χ0) is 24.6. The van der Waals surface area contributed by atoms with Gasteiger partial charge in [-0.05, 0) is 44.2 Å². The highest BCUT2D eigenvalue weighted by Gasteiger charge is 2.30. The Morgan fingerprint density at radius 2 is 1.68 bits per heavy atom. The molecule has 12 heteroatoms. The number of nitro benzene ring substituents is 1. The summed E-state index contributed by atoms with van der Waals surface area (Å²) in [5.74, 6) is -0.427. The number of nitrogens with zero attached hydrogens (tertiary/aromatic N) is 4. The lowest BCUT2D eigenvalue weighted by Gasteiger charge is -2.11. The number of alkyl halides is 3. The molecule has 0 aliphatic rings. The van der Waals surface area contributed by atoms with Crippen LogP contribution in [0.1, 0.15) is 16.3 Å². The molecule has 4 aromatic rings. The summed E-state index contributed by atoms with van der Waals surface area (Å²) in [7, 11) is 0. The summed E-state index contributed by atoms with van der Waals surface area (Å²) < 4.78 is 38.9. The number of hydrogen-bond acceptors (Lipinski definition) is 8. The zero-order valence-electron chi connectivity index (χ0n) is 17.7. The summed E-state index contributed by atoms with van der Waals surface area (Å²) >= 11 is 1.40. The molecule has 0 saturated heterocycles. The fourth-order valence-electron chi connectivity index (χ4n) is 3.24. The lowest BCUT2D eigenvalue weighted by atomic mass is 10.1. The topological polar surface area (TPSA) is 114 Å². The first-order valence-corrected chi connectivity index (χ1v) is 10.6. The maximum absolute atomic E-state index is 13.0. The average Bonchev–Trinajstić information content (AvgIpc) is 3.12. The molecule has 0 spiro atoms. The van der Waals surface area contributed by atoms with Gasteiger partial charge < -0.3 is 10.4 Å². The van der Waals surface area contributed by atoms with Crippen LogP contribution in [0.3, 0.4) is 0 Å². The minimum absolute atomic E-state index is 0.0674. The summed E-state index contributed by atoms with van der Waals surface area (Å²) in [6.07, 6.45) is -4.47. The van der Waals surface area contributed by atoms with E-state index < -0.39 is 28.1 Å². The fraction of sp³-hybridized carbons (Fsp3) is 0.136.